The summed E-state index contributed by atoms with van der Waals surface area (Å²) >= 11 is 0. The molecule has 104 valence electrons. The van der Waals surface area contributed by atoms with E-state index < -0.39 is 0 Å². The average molecular weight is 270 g/mol. The number of hydrogen-bond acceptors (Lipinski definition) is 4. The van der Waals surface area contributed by atoms with Crippen molar-refractivity contribution in [3.05, 3.63) is 53.2 Å². The van der Waals surface area contributed by atoms with E-state index in [0.717, 1.165) is 0 Å². The van der Waals surface area contributed by atoms with Gasteiger partial charge in [-0.05, 0) is 24.6 Å². The maximum Gasteiger partial charge on any atom is 0.273 e. The number of aryl methyl sites for hydroxylation is 1. The molecule has 0 aliphatic rings. The molecule has 1 amide bonds. The van der Waals surface area contributed by atoms with Gasteiger partial charge in [-0.15, -0.1) is 10.2 Å². The maximum atomic E-state index is 11.7. The molecule has 0 unspecified atom stereocenters. The molecular formula is C15H18N4O. The zero-order valence-electron chi connectivity index (χ0n) is 11.9. The van der Waals surface area contributed by atoms with Crippen molar-refractivity contribution in [3.8, 4) is 0 Å². The normalized spacial score (nSPS) is 10.2. The summed E-state index contributed by atoms with van der Waals surface area (Å²) in [4.78, 5) is 13.2. The Morgan fingerprint density at radius 2 is 2.00 bits per heavy atom. The molecule has 0 spiro atoms. The van der Waals surface area contributed by atoms with E-state index in [-0.39, 0.29) is 5.91 Å². The van der Waals surface area contributed by atoms with Crippen LogP contribution in [0.1, 0.15) is 21.6 Å². The highest BCUT2D eigenvalue weighted by molar-refractivity contribution is 5.91. The summed E-state index contributed by atoms with van der Waals surface area (Å²) in [5.41, 5.74) is 2.75. The van der Waals surface area contributed by atoms with Crippen molar-refractivity contribution in [2.24, 2.45) is 0 Å². The van der Waals surface area contributed by atoms with Crippen LogP contribution in [0.25, 0.3) is 0 Å². The fourth-order valence-electron chi connectivity index (χ4n) is 1.78. The fraction of sp³-hybridized carbons (Fsp3) is 0.267. The highest BCUT2D eigenvalue weighted by Gasteiger charge is 2.09. The first kappa shape index (κ1) is 14.0. The van der Waals surface area contributed by atoms with Crippen LogP contribution in [0.2, 0.25) is 0 Å². The first-order chi connectivity index (χ1) is 9.56. The van der Waals surface area contributed by atoms with Crippen LogP contribution in [0.15, 0.2) is 36.4 Å². The minimum absolute atomic E-state index is 0.150. The van der Waals surface area contributed by atoms with Crippen molar-refractivity contribution in [1.82, 2.24) is 15.1 Å². The van der Waals surface area contributed by atoms with Gasteiger partial charge in [0.2, 0.25) is 0 Å². The third-order valence-corrected chi connectivity index (χ3v) is 2.85. The monoisotopic (exact) mass is 270 g/mol. The van der Waals surface area contributed by atoms with Crippen LogP contribution in [0.3, 0.4) is 0 Å². The second-order valence-corrected chi connectivity index (χ2v) is 4.85. The van der Waals surface area contributed by atoms with Gasteiger partial charge >= 0.3 is 0 Å². The Kier molecular flexibility index (Phi) is 4.30. The average Bonchev–Trinajstić information content (AvgIpc) is 2.45. The first-order valence-electron chi connectivity index (χ1n) is 6.41. The molecule has 1 aromatic carbocycles. The molecular weight excluding hydrogens is 252 g/mol. The molecule has 5 nitrogen and oxygen atoms in total. The predicted octanol–water partition coefficient (Wildman–Crippen LogP) is 2.10. The second-order valence-electron chi connectivity index (χ2n) is 4.85. The van der Waals surface area contributed by atoms with Gasteiger partial charge in [-0.1, -0.05) is 29.8 Å². The van der Waals surface area contributed by atoms with Gasteiger partial charge in [0.1, 0.15) is 5.82 Å². The van der Waals surface area contributed by atoms with Crippen LogP contribution >= 0.6 is 0 Å². The Bertz CT molecular complexity index is 593. The van der Waals surface area contributed by atoms with Crippen molar-refractivity contribution < 1.29 is 4.79 Å². The number of carbonyl (C=O) groups excluding carboxylic acids is 1. The number of aromatic nitrogens is 2. The molecule has 0 saturated carbocycles. The number of anilines is 1. The lowest BCUT2D eigenvalue weighted by molar-refractivity contribution is 0.0821. The summed E-state index contributed by atoms with van der Waals surface area (Å²) in [6.45, 7) is 2.74. The minimum Gasteiger partial charge on any atom is -0.365 e. The van der Waals surface area contributed by atoms with Gasteiger partial charge in [0, 0.05) is 20.6 Å². The molecule has 2 rings (SSSR count). The molecule has 1 heterocycles. The zero-order valence-corrected chi connectivity index (χ0v) is 11.9. The lowest BCUT2D eigenvalue weighted by atomic mass is 10.1. The van der Waals surface area contributed by atoms with E-state index in [1.807, 2.05) is 6.07 Å². The molecule has 0 aliphatic heterocycles. The van der Waals surface area contributed by atoms with Crippen LogP contribution in [-0.2, 0) is 6.54 Å². The van der Waals surface area contributed by atoms with E-state index in [9.17, 15) is 4.79 Å². The standard InChI is InChI=1S/C15H18N4O/c1-11-5-4-6-12(9-11)10-16-14-8-7-13(17-18-14)15(20)19(2)3/h4-9H,10H2,1-3H3,(H,16,18). The van der Waals surface area contributed by atoms with Crippen LogP contribution in [0, 0.1) is 6.92 Å². The number of carbonyl (C=O) groups is 1. The van der Waals surface area contributed by atoms with Gasteiger partial charge in [-0.3, -0.25) is 4.79 Å². The van der Waals surface area contributed by atoms with Gasteiger partial charge in [-0.2, -0.15) is 0 Å². The summed E-state index contributed by atoms with van der Waals surface area (Å²) in [6.07, 6.45) is 0. The van der Waals surface area contributed by atoms with E-state index in [1.54, 1.807) is 26.2 Å². The highest BCUT2D eigenvalue weighted by atomic mass is 16.2. The Morgan fingerprint density at radius 3 is 2.60 bits per heavy atom. The Morgan fingerprint density at radius 1 is 1.20 bits per heavy atom. The van der Waals surface area contributed by atoms with Crippen LogP contribution in [-0.4, -0.2) is 35.1 Å². The molecule has 0 atom stereocenters. The number of rotatable bonds is 4. The van der Waals surface area contributed by atoms with Gasteiger partial charge in [0.15, 0.2) is 5.69 Å². The van der Waals surface area contributed by atoms with Crippen molar-refractivity contribution in [2.75, 3.05) is 19.4 Å². The topological polar surface area (TPSA) is 58.1 Å². The van der Waals surface area contributed by atoms with Crippen molar-refractivity contribution in [3.63, 3.8) is 0 Å². The largest absolute Gasteiger partial charge is 0.365 e. The number of benzene rings is 1. The molecule has 0 radical (unpaired) electrons. The Labute approximate surface area is 118 Å². The third-order valence-electron chi connectivity index (χ3n) is 2.85. The third kappa shape index (κ3) is 3.54. The van der Waals surface area contributed by atoms with Crippen molar-refractivity contribution in [1.29, 1.82) is 0 Å². The highest BCUT2D eigenvalue weighted by Crippen LogP contribution is 2.08. The molecule has 0 bridgehead atoms. The number of nitrogens with one attached hydrogen (secondary N) is 1. The van der Waals surface area contributed by atoms with E-state index in [0.29, 0.717) is 18.1 Å². The minimum atomic E-state index is -0.150. The number of amides is 1. The second kappa shape index (κ2) is 6.14. The Balaban J connectivity index is 1.99. The summed E-state index contributed by atoms with van der Waals surface area (Å²) < 4.78 is 0. The van der Waals surface area contributed by atoms with Crippen molar-refractivity contribution in [2.45, 2.75) is 13.5 Å². The molecule has 5 heteroatoms. The molecule has 1 N–H and O–H groups in total. The summed E-state index contributed by atoms with van der Waals surface area (Å²) in [5.74, 6) is 0.504. The van der Waals surface area contributed by atoms with Crippen LogP contribution in [0.4, 0.5) is 5.82 Å². The quantitative estimate of drug-likeness (QED) is 0.924. The molecule has 1 aromatic heterocycles. The number of nitrogens with zero attached hydrogens (tertiary/aromatic N) is 3. The van der Waals surface area contributed by atoms with Crippen LogP contribution in [0.5, 0.6) is 0 Å². The molecule has 20 heavy (non-hydrogen) atoms. The Hall–Kier alpha value is -2.43. The van der Waals surface area contributed by atoms with Gasteiger partial charge in [0.05, 0.1) is 0 Å². The summed E-state index contributed by atoms with van der Waals surface area (Å²) in [7, 11) is 3.38. The van der Waals surface area contributed by atoms with Gasteiger partial charge in [0.25, 0.3) is 5.91 Å². The van der Waals surface area contributed by atoms with E-state index in [4.69, 9.17) is 0 Å². The smallest absolute Gasteiger partial charge is 0.273 e. The van der Waals surface area contributed by atoms with Gasteiger partial charge in [-0.25, -0.2) is 0 Å². The van der Waals surface area contributed by atoms with E-state index in [2.05, 4.69) is 40.6 Å². The van der Waals surface area contributed by atoms with Crippen LogP contribution < -0.4 is 5.32 Å². The molecule has 2 aromatic rings. The molecule has 0 aliphatic carbocycles. The lowest BCUT2D eigenvalue weighted by Crippen LogP contribution is -2.23. The van der Waals surface area contributed by atoms with E-state index >= 15 is 0 Å². The lowest BCUT2D eigenvalue weighted by Gasteiger charge is -2.09. The van der Waals surface area contributed by atoms with Crippen molar-refractivity contribution >= 4 is 11.7 Å². The zero-order chi connectivity index (χ0) is 14.5. The predicted molar refractivity (Wildman–Crippen MR) is 78.6 cm³/mol. The van der Waals surface area contributed by atoms with E-state index in [1.165, 1.54) is 16.0 Å². The fourth-order valence-corrected chi connectivity index (χ4v) is 1.78. The SMILES string of the molecule is Cc1cccc(CNc2ccc(C(=O)N(C)C)nn2)c1. The molecule has 0 saturated heterocycles. The maximum absolute atomic E-state index is 11.7. The number of hydrogen-bond donors (Lipinski definition) is 1. The summed E-state index contributed by atoms with van der Waals surface area (Å²) in [6, 6.07) is 11.7. The molecule has 0 fully saturated rings. The first-order valence-corrected chi connectivity index (χ1v) is 6.41. The summed E-state index contributed by atoms with van der Waals surface area (Å²) in [5, 5.41) is 11.1. The van der Waals surface area contributed by atoms with Gasteiger partial charge < -0.3 is 10.2 Å².